The van der Waals surface area contributed by atoms with Gasteiger partial charge in [-0.3, -0.25) is 4.79 Å². The standard InChI is InChI=1S/C9H10N4O/c1-13-8(5-7(10)14)12-6-3-2-4-11-9(6)13/h2-4H,5H2,1H3,(H2,10,14). The molecular formula is C9H10N4O. The summed E-state index contributed by atoms with van der Waals surface area (Å²) in [4.78, 5) is 19.2. The number of amides is 1. The zero-order chi connectivity index (χ0) is 10.1. The van der Waals surface area contributed by atoms with Crippen molar-refractivity contribution >= 4 is 17.1 Å². The highest BCUT2D eigenvalue weighted by Gasteiger charge is 2.09. The van der Waals surface area contributed by atoms with E-state index in [4.69, 9.17) is 5.73 Å². The summed E-state index contributed by atoms with van der Waals surface area (Å²) in [5, 5.41) is 0. The molecule has 2 rings (SSSR count). The third-order valence-electron chi connectivity index (χ3n) is 2.05. The summed E-state index contributed by atoms with van der Waals surface area (Å²) >= 11 is 0. The Morgan fingerprint density at radius 1 is 1.64 bits per heavy atom. The lowest BCUT2D eigenvalue weighted by Crippen LogP contribution is -2.16. The zero-order valence-electron chi connectivity index (χ0n) is 7.77. The van der Waals surface area contributed by atoms with Gasteiger partial charge in [0.25, 0.3) is 0 Å². The Balaban J connectivity index is 2.57. The normalized spacial score (nSPS) is 10.6. The van der Waals surface area contributed by atoms with Crippen molar-refractivity contribution in [1.82, 2.24) is 14.5 Å². The van der Waals surface area contributed by atoms with Crippen LogP contribution in [0, 0.1) is 0 Å². The quantitative estimate of drug-likeness (QED) is 0.724. The Kier molecular flexibility index (Phi) is 1.92. The second kappa shape index (κ2) is 3.10. The number of nitrogens with zero attached hydrogens (tertiary/aromatic N) is 3. The van der Waals surface area contributed by atoms with E-state index in [0.29, 0.717) is 5.82 Å². The molecule has 0 fully saturated rings. The summed E-state index contributed by atoms with van der Waals surface area (Å²) in [5.41, 5.74) is 6.65. The molecule has 0 unspecified atom stereocenters. The van der Waals surface area contributed by atoms with Gasteiger partial charge in [0.1, 0.15) is 11.3 Å². The molecule has 2 heterocycles. The molecule has 0 aliphatic carbocycles. The fourth-order valence-corrected chi connectivity index (χ4v) is 1.38. The predicted octanol–water partition coefficient (Wildman–Crippen LogP) is -0.00390. The SMILES string of the molecule is Cn1c(CC(N)=O)nc2cccnc21. The van der Waals surface area contributed by atoms with Crippen LogP contribution in [0.1, 0.15) is 5.82 Å². The minimum absolute atomic E-state index is 0.146. The van der Waals surface area contributed by atoms with Crippen molar-refractivity contribution < 1.29 is 4.79 Å². The van der Waals surface area contributed by atoms with Gasteiger partial charge in [0, 0.05) is 13.2 Å². The number of aryl methyl sites for hydroxylation is 1. The van der Waals surface area contributed by atoms with Crippen LogP contribution in [0.3, 0.4) is 0 Å². The molecule has 0 saturated carbocycles. The maximum absolute atomic E-state index is 10.7. The highest BCUT2D eigenvalue weighted by atomic mass is 16.1. The molecule has 0 bridgehead atoms. The average molecular weight is 190 g/mol. The van der Waals surface area contributed by atoms with Gasteiger partial charge in [0.15, 0.2) is 5.65 Å². The number of imidazole rings is 1. The lowest BCUT2D eigenvalue weighted by atomic mass is 10.4. The van der Waals surface area contributed by atoms with Crippen molar-refractivity contribution in [3.05, 3.63) is 24.2 Å². The van der Waals surface area contributed by atoms with Crippen molar-refractivity contribution in [3.63, 3.8) is 0 Å². The van der Waals surface area contributed by atoms with Gasteiger partial charge in [-0.1, -0.05) is 0 Å². The molecule has 0 spiro atoms. The summed E-state index contributed by atoms with van der Waals surface area (Å²) in [6.45, 7) is 0. The Labute approximate surface area is 80.6 Å². The van der Waals surface area contributed by atoms with Crippen LogP contribution >= 0.6 is 0 Å². The molecule has 2 N–H and O–H groups in total. The number of aromatic nitrogens is 3. The van der Waals surface area contributed by atoms with Crippen LogP contribution in [0.5, 0.6) is 0 Å². The largest absolute Gasteiger partial charge is 0.369 e. The summed E-state index contributed by atoms with van der Waals surface area (Å²) in [6.07, 6.45) is 1.84. The molecule has 0 aliphatic rings. The number of carbonyl (C=O) groups excluding carboxylic acids is 1. The maximum atomic E-state index is 10.7. The van der Waals surface area contributed by atoms with Gasteiger partial charge in [-0.05, 0) is 12.1 Å². The number of primary amides is 1. The monoisotopic (exact) mass is 190 g/mol. The number of fused-ring (bicyclic) bond motifs is 1. The van der Waals surface area contributed by atoms with Crippen molar-refractivity contribution in [2.45, 2.75) is 6.42 Å². The fourth-order valence-electron chi connectivity index (χ4n) is 1.38. The maximum Gasteiger partial charge on any atom is 0.225 e. The van der Waals surface area contributed by atoms with Crippen LogP contribution < -0.4 is 5.73 Å². The minimum Gasteiger partial charge on any atom is -0.369 e. The molecule has 5 heteroatoms. The molecule has 5 nitrogen and oxygen atoms in total. The first-order chi connectivity index (χ1) is 6.68. The van der Waals surface area contributed by atoms with E-state index in [0.717, 1.165) is 11.2 Å². The highest BCUT2D eigenvalue weighted by Crippen LogP contribution is 2.11. The predicted molar refractivity (Wildman–Crippen MR) is 51.4 cm³/mol. The van der Waals surface area contributed by atoms with Gasteiger partial charge < -0.3 is 10.3 Å². The number of hydrogen-bond donors (Lipinski definition) is 1. The zero-order valence-corrected chi connectivity index (χ0v) is 7.77. The Bertz CT molecular complexity index is 489. The van der Waals surface area contributed by atoms with E-state index >= 15 is 0 Å². The molecule has 0 aromatic carbocycles. The van der Waals surface area contributed by atoms with Gasteiger partial charge in [-0.25, -0.2) is 9.97 Å². The molecule has 0 radical (unpaired) electrons. The Morgan fingerprint density at radius 2 is 2.43 bits per heavy atom. The van der Waals surface area contributed by atoms with Gasteiger partial charge in [-0.15, -0.1) is 0 Å². The molecule has 72 valence electrons. The number of pyridine rings is 1. The molecule has 1 amide bonds. The third kappa shape index (κ3) is 1.32. The molecule has 2 aromatic heterocycles. The molecule has 14 heavy (non-hydrogen) atoms. The van der Waals surface area contributed by atoms with Crippen molar-refractivity contribution in [2.24, 2.45) is 12.8 Å². The van der Waals surface area contributed by atoms with Crippen molar-refractivity contribution in [1.29, 1.82) is 0 Å². The van der Waals surface area contributed by atoms with Gasteiger partial charge in [-0.2, -0.15) is 0 Å². The first kappa shape index (κ1) is 8.68. The molecule has 0 atom stereocenters. The molecule has 0 aliphatic heterocycles. The third-order valence-corrected chi connectivity index (χ3v) is 2.05. The summed E-state index contributed by atoms with van der Waals surface area (Å²) in [5.74, 6) is 0.259. The molecular weight excluding hydrogens is 180 g/mol. The van der Waals surface area contributed by atoms with E-state index < -0.39 is 0 Å². The highest BCUT2D eigenvalue weighted by molar-refractivity contribution is 5.78. The first-order valence-corrected chi connectivity index (χ1v) is 4.23. The Hall–Kier alpha value is -1.91. The number of carbonyl (C=O) groups is 1. The molecule has 2 aromatic rings. The number of nitrogens with two attached hydrogens (primary N) is 1. The topological polar surface area (TPSA) is 73.8 Å². The van der Waals surface area contributed by atoms with Crippen LogP contribution in [0.4, 0.5) is 0 Å². The van der Waals surface area contributed by atoms with E-state index in [-0.39, 0.29) is 12.3 Å². The lowest BCUT2D eigenvalue weighted by molar-refractivity contribution is -0.117. The van der Waals surface area contributed by atoms with Crippen LogP contribution in [0.2, 0.25) is 0 Å². The second-order valence-corrected chi connectivity index (χ2v) is 3.08. The number of rotatable bonds is 2. The minimum atomic E-state index is -0.386. The van der Waals surface area contributed by atoms with E-state index in [2.05, 4.69) is 9.97 Å². The lowest BCUT2D eigenvalue weighted by Gasteiger charge is -1.97. The van der Waals surface area contributed by atoms with Crippen molar-refractivity contribution in [2.75, 3.05) is 0 Å². The van der Waals surface area contributed by atoms with E-state index in [1.807, 2.05) is 19.2 Å². The van der Waals surface area contributed by atoms with Crippen LogP contribution in [0.15, 0.2) is 18.3 Å². The smallest absolute Gasteiger partial charge is 0.225 e. The van der Waals surface area contributed by atoms with Gasteiger partial charge >= 0.3 is 0 Å². The van der Waals surface area contributed by atoms with Gasteiger partial charge in [0.2, 0.25) is 5.91 Å². The Morgan fingerprint density at radius 3 is 3.07 bits per heavy atom. The van der Waals surface area contributed by atoms with E-state index in [1.165, 1.54) is 0 Å². The summed E-state index contributed by atoms with van der Waals surface area (Å²) in [7, 11) is 1.82. The average Bonchev–Trinajstić information content (AvgIpc) is 2.44. The van der Waals surface area contributed by atoms with Crippen LogP contribution in [0.25, 0.3) is 11.2 Å². The first-order valence-electron chi connectivity index (χ1n) is 4.23. The van der Waals surface area contributed by atoms with Crippen LogP contribution in [-0.4, -0.2) is 20.4 Å². The van der Waals surface area contributed by atoms with E-state index in [9.17, 15) is 4.79 Å². The number of hydrogen-bond acceptors (Lipinski definition) is 3. The second-order valence-electron chi connectivity index (χ2n) is 3.08. The van der Waals surface area contributed by atoms with Crippen molar-refractivity contribution in [3.8, 4) is 0 Å². The summed E-state index contributed by atoms with van der Waals surface area (Å²) in [6, 6.07) is 3.66. The van der Waals surface area contributed by atoms with E-state index in [1.54, 1.807) is 10.8 Å². The fraction of sp³-hybridized carbons (Fsp3) is 0.222. The summed E-state index contributed by atoms with van der Waals surface area (Å²) < 4.78 is 1.78. The van der Waals surface area contributed by atoms with Crippen LogP contribution in [-0.2, 0) is 18.3 Å². The van der Waals surface area contributed by atoms with Gasteiger partial charge in [0.05, 0.1) is 6.42 Å². The molecule has 0 saturated heterocycles.